The predicted octanol–water partition coefficient (Wildman–Crippen LogP) is 3.46. The fraction of sp³-hybridized carbons (Fsp3) is 0.625. The second kappa shape index (κ2) is 6.91. The fourth-order valence-electron chi connectivity index (χ4n) is 2.30. The van der Waals surface area contributed by atoms with Gasteiger partial charge in [0.15, 0.2) is 0 Å². The van der Waals surface area contributed by atoms with Crippen LogP contribution in [-0.2, 0) is 11.3 Å². The molecule has 2 N–H and O–H groups in total. The quantitative estimate of drug-likeness (QED) is 0.749. The molecule has 0 aliphatic heterocycles. The minimum atomic E-state index is 0.443. The average Bonchev–Trinajstić information content (AvgIpc) is 2.36. The Morgan fingerprint density at radius 3 is 2.56 bits per heavy atom. The van der Waals surface area contributed by atoms with Crippen LogP contribution in [-0.4, -0.2) is 13.2 Å². The first-order valence-corrected chi connectivity index (χ1v) is 7.16. The summed E-state index contributed by atoms with van der Waals surface area (Å²) in [6.45, 7) is 4.51. The number of rotatable bonds is 7. The van der Waals surface area contributed by atoms with E-state index in [1.54, 1.807) is 0 Å². The zero-order chi connectivity index (χ0) is 12.8. The van der Waals surface area contributed by atoms with Gasteiger partial charge in [-0.25, -0.2) is 0 Å². The summed E-state index contributed by atoms with van der Waals surface area (Å²) in [5, 5.41) is 0. The van der Waals surface area contributed by atoms with Gasteiger partial charge in [0.2, 0.25) is 0 Å². The van der Waals surface area contributed by atoms with Gasteiger partial charge in [-0.1, -0.05) is 50.5 Å². The minimum absolute atomic E-state index is 0.443. The molecule has 1 aromatic carbocycles. The number of nitrogens with two attached hydrogens (primary N) is 1. The fourth-order valence-corrected chi connectivity index (χ4v) is 2.30. The van der Waals surface area contributed by atoms with Crippen molar-refractivity contribution in [1.29, 1.82) is 0 Å². The molecular weight excluding hydrogens is 222 g/mol. The smallest absolute Gasteiger partial charge is 0.0716 e. The van der Waals surface area contributed by atoms with Crippen LogP contribution in [0, 0.1) is 5.92 Å². The van der Waals surface area contributed by atoms with Crippen molar-refractivity contribution in [3.05, 3.63) is 35.4 Å². The molecular formula is C16H25NO. The molecule has 2 nitrogen and oxygen atoms in total. The van der Waals surface area contributed by atoms with E-state index in [0.717, 1.165) is 19.1 Å². The molecule has 0 heterocycles. The highest BCUT2D eigenvalue weighted by Gasteiger charge is 2.16. The van der Waals surface area contributed by atoms with Gasteiger partial charge >= 0.3 is 0 Å². The van der Waals surface area contributed by atoms with Gasteiger partial charge < -0.3 is 10.5 Å². The molecule has 0 radical (unpaired) electrons. The van der Waals surface area contributed by atoms with E-state index in [4.69, 9.17) is 10.5 Å². The minimum Gasteiger partial charge on any atom is -0.377 e. The molecule has 2 heteroatoms. The van der Waals surface area contributed by atoms with E-state index < -0.39 is 0 Å². The summed E-state index contributed by atoms with van der Waals surface area (Å²) in [6.07, 6.45) is 5.48. The van der Waals surface area contributed by atoms with Gasteiger partial charge in [0, 0.05) is 6.61 Å². The Bertz CT molecular complexity index is 343. The van der Waals surface area contributed by atoms with E-state index >= 15 is 0 Å². The molecule has 0 saturated heterocycles. The van der Waals surface area contributed by atoms with Gasteiger partial charge in [0.05, 0.1) is 6.61 Å². The van der Waals surface area contributed by atoms with E-state index in [0.29, 0.717) is 12.5 Å². The molecule has 100 valence electrons. The normalized spacial score (nSPS) is 17.4. The Balaban J connectivity index is 1.68. The van der Waals surface area contributed by atoms with Crippen molar-refractivity contribution < 1.29 is 4.74 Å². The lowest BCUT2D eigenvalue weighted by molar-refractivity contribution is 0.0950. The largest absolute Gasteiger partial charge is 0.377 e. The molecule has 2 rings (SSSR count). The Hall–Kier alpha value is -0.860. The van der Waals surface area contributed by atoms with Crippen LogP contribution < -0.4 is 5.73 Å². The summed E-state index contributed by atoms with van der Waals surface area (Å²) in [5.74, 6) is 1.39. The highest BCUT2D eigenvalue weighted by molar-refractivity contribution is 5.24. The number of ether oxygens (including phenoxy) is 1. The summed E-state index contributed by atoms with van der Waals surface area (Å²) in [5.41, 5.74) is 8.24. The van der Waals surface area contributed by atoms with E-state index in [-0.39, 0.29) is 0 Å². The highest BCUT2D eigenvalue weighted by Crippen LogP contribution is 2.29. The Labute approximate surface area is 111 Å². The molecule has 1 aliphatic rings. The maximum absolute atomic E-state index is 5.73. The molecule has 18 heavy (non-hydrogen) atoms. The van der Waals surface area contributed by atoms with Crippen LogP contribution in [0.4, 0.5) is 0 Å². The van der Waals surface area contributed by atoms with Gasteiger partial charge in [0.1, 0.15) is 0 Å². The molecule has 0 aromatic heterocycles. The predicted molar refractivity (Wildman–Crippen MR) is 75.5 cm³/mol. The summed E-state index contributed by atoms with van der Waals surface area (Å²) >= 11 is 0. The highest BCUT2D eigenvalue weighted by atomic mass is 16.5. The third kappa shape index (κ3) is 3.82. The average molecular weight is 247 g/mol. The van der Waals surface area contributed by atoms with Crippen molar-refractivity contribution in [2.75, 3.05) is 13.2 Å². The van der Waals surface area contributed by atoms with Crippen LogP contribution in [0.3, 0.4) is 0 Å². The molecule has 1 aromatic rings. The van der Waals surface area contributed by atoms with E-state index in [1.165, 1.54) is 36.8 Å². The van der Waals surface area contributed by atoms with Crippen molar-refractivity contribution in [2.24, 2.45) is 11.7 Å². The van der Waals surface area contributed by atoms with Crippen molar-refractivity contribution >= 4 is 0 Å². The first-order valence-electron chi connectivity index (χ1n) is 7.16. The topological polar surface area (TPSA) is 35.2 Å². The second-order valence-electron chi connectivity index (χ2n) is 5.52. The molecule has 1 fully saturated rings. The molecule has 0 bridgehead atoms. The van der Waals surface area contributed by atoms with Crippen LogP contribution >= 0.6 is 0 Å². The summed E-state index contributed by atoms with van der Waals surface area (Å²) in [6, 6.07) is 8.65. The zero-order valence-electron chi connectivity index (χ0n) is 11.4. The first-order chi connectivity index (χ1) is 8.79. The number of hydrogen-bond acceptors (Lipinski definition) is 2. The zero-order valence-corrected chi connectivity index (χ0v) is 11.4. The van der Waals surface area contributed by atoms with Crippen LogP contribution in [0.5, 0.6) is 0 Å². The van der Waals surface area contributed by atoms with Gasteiger partial charge in [-0.05, 0) is 35.9 Å². The maximum Gasteiger partial charge on any atom is 0.0716 e. The third-order valence-electron chi connectivity index (χ3n) is 4.07. The Kier molecular flexibility index (Phi) is 5.21. The molecule has 1 aliphatic carbocycles. The molecule has 1 atom stereocenters. The second-order valence-corrected chi connectivity index (χ2v) is 5.52. The van der Waals surface area contributed by atoms with Crippen molar-refractivity contribution in [3.63, 3.8) is 0 Å². The lowest BCUT2D eigenvalue weighted by Gasteiger charge is -2.24. The summed E-state index contributed by atoms with van der Waals surface area (Å²) < 4.78 is 5.73. The van der Waals surface area contributed by atoms with E-state index in [2.05, 4.69) is 31.2 Å². The van der Waals surface area contributed by atoms with Crippen molar-refractivity contribution in [3.8, 4) is 0 Å². The van der Waals surface area contributed by atoms with Gasteiger partial charge in [-0.3, -0.25) is 0 Å². The number of benzene rings is 1. The third-order valence-corrected chi connectivity index (χ3v) is 4.07. The summed E-state index contributed by atoms with van der Waals surface area (Å²) in [7, 11) is 0. The van der Waals surface area contributed by atoms with Crippen LogP contribution in [0.25, 0.3) is 0 Å². The van der Waals surface area contributed by atoms with Crippen molar-refractivity contribution in [1.82, 2.24) is 0 Å². The molecule has 1 saturated carbocycles. The maximum atomic E-state index is 5.73. The van der Waals surface area contributed by atoms with Crippen LogP contribution in [0.1, 0.15) is 49.7 Å². The van der Waals surface area contributed by atoms with Gasteiger partial charge in [0.25, 0.3) is 0 Å². The van der Waals surface area contributed by atoms with Crippen molar-refractivity contribution in [2.45, 2.75) is 45.1 Å². The van der Waals surface area contributed by atoms with Crippen LogP contribution in [0.2, 0.25) is 0 Å². The monoisotopic (exact) mass is 247 g/mol. The van der Waals surface area contributed by atoms with E-state index in [1.807, 2.05) is 0 Å². The molecule has 0 spiro atoms. The lowest BCUT2D eigenvalue weighted by atomic mass is 9.83. The van der Waals surface area contributed by atoms with E-state index in [9.17, 15) is 0 Å². The Morgan fingerprint density at radius 1 is 1.28 bits per heavy atom. The summed E-state index contributed by atoms with van der Waals surface area (Å²) in [4.78, 5) is 0. The molecule has 1 unspecified atom stereocenters. The van der Waals surface area contributed by atoms with Gasteiger partial charge in [-0.2, -0.15) is 0 Å². The number of hydrogen-bond donors (Lipinski definition) is 1. The molecule has 0 amide bonds. The standard InChI is InChI=1S/C16H25NO/c1-13(11-17)16-7-5-15(6-8-16)12-18-10-9-14-3-2-4-14/h5-8,13-14H,2-4,9-12,17H2,1H3. The SMILES string of the molecule is CC(CN)c1ccc(COCCC2CCC2)cc1. The van der Waals surface area contributed by atoms with Crippen LogP contribution in [0.15, 0.2) is 24.3 Å². The van der Waals surface area contributed by atoms with Gasteiger partial charge in [-0.15, -0.1) is 0 Å². The first kappa shape index (κ1) is 13.6. The Morgan fingerprint density at radius 2 is 2.00 bits per heavy atom. The lowest BCUT2D eigenvalue weighted by Crippen LogP contribution is -2.13.